The zero-order chi connectivity index (χ0) is 11.5. The molecule has 86 valence electrons. The lowest BCUT2D eigenvalue weighted by Crippen LogP contribution is -2.23. The molecule has 16 heavy (non-hydrogen) atoms. The molecule has 0 aromatic heterocycles. The molecule has 1 saturated heterocycles. The van der Waals surface area contributed by atoms with Gasteiger partial charge in [0.2, 0.25) is 0 Å². The molecule has 4 nitrogen and oxygen atoms in total. The summed E-state index contributed by atoms with van der Waals surface area (Å²) >= 11 is 0. The van der Waals surface area contributed by atoms with Crippen LogP contribution in [0, 0.1) is 5.92 Å². The minimum Gasteiger partial charge on any atom is -0.497 e. The van der Waals surface area contributed by atoms with Crippen LogP contribution in [0.3, 0.4) is 0 Å². The van der Waals surface area contributed by atoms with E-state index in [1.807, 2.05) is 24.3 Å². The molecule has 0 amide bonds. The highest BCUT2D eigenvalue weighted by molar-refractivity contribution is 5.71. The van der Waals surface area contributed by atoms with Crippen LogP contribution < -0.4 is 10.1 Å². The number of ether oxygens (including phenoxy) is 1. The van der Waals surface area contributed by atoms with E-state index >= 15 is 0 Å². The van der Waals surface area contributed by atoms with Gasteiger partial charge < -0.3 is 15.2 Å². The van der Waals surface area contributed by atoms with Gasteiger partial charge in [0.15, 0.2) is 0 Å². The number of aliphatic carboxylic acids is 1. The van der Waals surface area contributed by atoms with Gasteiger partial charge in [-0.3, -0.25) is 4.79 Å². The second kappa shape index (κ2) is 4.53. The summed E-state index contributed by atoms with van der Waals surface area (Å²) in [5.41, 5.74) is 0.976. The normalized spacial score (nSPS) is 24.3. The zero-order valence-corrected chi connectivity index (χ0v) is 9.14. The van der Waals surface area contributed by atoms with Gasteiger partial charge in [-0.05, 0) is 30.7 Å². The van der Waals surface area contributed by atoms with Gasteiger partial charge >= 0.3 is 5.97 Å². The maximum Gasteiger partial charge on any atom is 0.308 e. The predicted molar refractivity (Wildman–Crippen MR) is 59.5 cm³/mol. The molecule has 0 radical (unpaired) electrons. The van der Waals surface area contributed by atoms with Crippen molar-refractivity contribution < 1.29 is 14.6 Å². The number of carbonyl (C=O) groups is 1. The Morgan fingerprint density at radius 1 is 1.56 bits per heavy atom. The maximum atomic E-state index is 11.1. The molecule has 0 aliphatic carbocycles. The van der Waals surface area contributed by atoms with Gasteiger partial charge in [0, 0.05) is 6.04 Å². The molecule has 2 atom stereocenters. The summed E-state index contributed by atoms with van der Waals surface area (Å²) in [6.45, 7) is 0.749. The van der Waals surface area contributed by atoms with Crippen molar-refractivity contribution in [1.29, 1.82) is 0 Å². The van der Waals surface area contributed by atoms with Crippen molar-refractivity contribution in [3.63, 3.8) is 0 Å². The number of methoxy groups -OCH3 is 1. The summed E-state index contributed by atoms with van der Waals surface area (Å²) in [6, 6.07) is 7.45. The summed E-state index contributed by atoms with van der Waals surface area (Å²) in [4.78, 5) is 11.1. The lowest BCUT2D eigenvalue weighted by atomic mass is 9.94. The maximum absolute atomic E-state index is 11.1. The summed E-state index contributed by atoms with van der Waals surface area (Å²) in [5, 5.41) is 12.3. The number of rotatable bonds is 3. The van der Waals surface area contributed by atoms with Crippen LogP contribution >= 0.6 is 0 Å². The summed E-state index contributed by atoms with van der Waals surface area (Å²) in [7, 11) is 1.61. The third-order valence-corrected chi connectivity index (χ3v) is 2.99. The molecule has 1 aliphatic heterocycles. The Kier molecular flexibility index (Phi) is 3.10. The van der Waals surface area contributed by atoms with E-state index < -0.39 is 5.97 Å². The molecule has 1 aromatic rings. The lowest BCUT2D eigenvalue weighted by molar-refractivity contribution is -0.142. The average molecular weight is 221 g/mol. The molecular formula is C12H15NO3. The molecule has 0 unspecified atom stereocenters. The number of hydrogen-bond acceptors (Lipinski definition) is 3. The molecule has 1 heterocycles. The van der Waals surface area contributed by atoms with Gasteiger partial charge in [0.1, 0.15) is 5.75 Å². The standard InChI is InChI=1S/C12H15NO3/c1-16-9-4-2-3-8(7-9)11-10(12(14)15)5-6-13-11/h2-4,7,10-11,13H,5-6H2,1H3,(H,14,15)/t10-,11-/m1/s1. The number of carboxylic acids is 1. The van der Waals surface area contributed by atoms with Gasteiger partial charge in [-0.2, -0.15) is 0 Å². The molecule has 1 aliphatic rings. The molecule has 1 aromatic carbocycles. The number of nitrogens with one attached hydrogen (secondary N) is 1. The van der Waals surface area contributed by atoms with Gasteiger partial charge in [-0.25, -0.2) is 0 Å². The quantitative estimate of drug-likeness (QED) is 0.810. The van der Waals surface area contributed by atoms with Crippen molar-refractivity contribution in [3.8, 4) is 5.75 Å². The molecule has 2 rings (SSSR count). The van der Waals surface area contributed by atoms with Crippen LogP contribution in [0.5, 0.6) is 5.75 Å². The molecule has 2 N–H and O–H groups in total. The zero-order valence-electron chi connectivity index (χ0n) is 9.14. The topological polar surface area (TPSA) is 58.6 Å². The van der Waals surface area contributed by atoms with E-state index in [9.17, 15) is 4.79 Å². The van der Waals surface area contributed by atoms with E-state index in [0.717, 1.165) is 17.9 Å². The van der Waals surface area contributed by atoms with Crippen LogP contribution in [0.1, 0.15) is 18.0 Å². The Morgan fingerprint density at radius 3 is 3.06 bits per heavy atom. The van der Waals surface area contributed by atoms with E-state index in [4.69, 9.17) is 9.84 Å². The first-order valence-electron chi connectivity index (χ1n) is 5.32. The van der Waals surface area contributed by atoms with Crippen LogP contribution in [0.4, 0.5) is 0 Å². The van der Waals surface area contributed by atoms with E-state index in [2.05, 4.69) is 5.32 Å². The fourth-order valence-electron chi connectivity index (χ4n) is 2.15. The van der Waals surface area contributed by atoms with Crippen molar-refractivity contribution in [2.75, 3.05) is 13.7 Å². The third-order valence-electron chi connectivity index (χ3n) is 2.99. The highest BCUT2D eigenvalue weighted by atomic mass is 16.5. The van der Waals surface area contributed by atoms with Crippen molar-refractivity contribution in [2.45, 2.75) is 12.5 Å². The first-order valence-corrected chi connectivity index (χ1v) is 5.32. The summed E-state index contributed by atoms with van der Waals surface area (Å²) in [6.07, 6.45) is 0.678. The van der Waals surface area contributed by atoms with E-state index in [1.165, 1.54) is 0 Å². The van der Waals surface area contributed by atoms with Crippen LogP contribution in [-0.2, 0) is 4.79 Å². The van der Waals surface area contributed by atoms with Crippen molar-refractivity contribution in [2.24, 2.45) is 5.92 Å². The van der Waals surface area contributed by atoms with Crippen LogP contribution in [0.25, 0.3) is 0 Å². The summed E-state index contributed by atoms with van der Waals surface area (Å²) in [5.74, 6) is -0.319. The number of hydrogen-bond donors (Lipinski definition) is 2. The third kappa shape index (κ3) is 2.02. The Hall–Kier alpha value is -1.55. The lowest BCUT2D eigenvalue weighted by Gasteiger charge is -2.16. The van der Waals surface area contributed by atoms with Gasteiger partial charge in [-0.15, -0.1) is 0 Å². The Balaban J connectivity index is 2.25. The molecule has 0 spiro atoms. The molecule has 0 bridgehead atoms. The van der Waals surface area contributed by atoms with E-state index in [-0.39, 0.29) is 12.0 Å². The second-order valence-corrected chi connectivity index (χ2v) is 3.94. The predicted octanol–water partition coefficient (Wildman–Crippen LogP) is 1.43. The van der Waals surface area contributed by atoms with Crippen LogP contribution in [-0.4, -0.2) is 24.7 Å². The van der Waals surface area contributed by atoms with Crippen LogP contribution in [0.15, 0.2) is 24.3 Å². The first-order chi connectivity index (χ1) is 7.72. The fraction of sp³-hybridized carbons (Fsp3) is 0.417. The Labute approximate surface area is 94.2 Å². The van der Waals surface area contributed by atoms with Gasteiger partial charge in [0.05, 0.1) is 13.0 Å². The average Bonchev–Trinajstić information content (AvgIpc) is 2.78. The highest BCUT2D eigenvalue weighted by Crippen LogP contribution is 2.31. The number of carboxylic acid groups (broad SMARTS) is 1. The van der Waals surface area contributed by atoms with E-state index in [1.54, 1.807) is 7.11 Å². The second-order valence-electron chi connectivity index (χ2n) is 3.94. The number of benzene rings is 1. The van der Waals surface area contributed by atoms with Crippen molar-refractivity contribution in [3.05, 3.63) is 29.8 Å². The van der Waals surface area contributed by atoms with Crippen molar-refractivity contribution in [1.82, 2.24) is 5.32 Å². The molecular weight excluding hydrogens is 206 g/mol. The van der Waals surface area contributed by atoms with Crippen molar-refractivity contribution >= 4 is 5.97 Å². The molecule has 1 fully saturated rings. The fourth-order valence-corrected chi connectivity index (χ4v) is 2.15. The Bertz CT molecular complexity index is 392. The SMILES string of the molecule is COc1cccc([C@H]2NCC[C@H]2C(=O)O)c1. The molecule has 0 saturated carbocycles. The molecule has 4 heteroatoms. The van der Waals surface area contributed by atoms with E-state index in [0.29, 0.717) is 6.42 Å². The Morgan fingerprint density at radius 2 is 2.38 bits per heavy atom. The van der Waals surface area contributed by atoms with Gasteiger partial charge in [0.25, 0.3) is 0 Å². The highest BCUT2D eigenvalue weighted by Gasteiger charge is 2.33. The van der Waals surface area contributed by atoms with Crippen LogP contribution in [0.2, 0.25) is 0 Å². The largest absolute Gasteiger partial charge is 0.497 e. The summed E-state index contributed by atoms with van der Waals surface area (Å²) < 4.78 is 5.13. The minimum absolute atomic E-state index is 0.104. The monoisotopic (exact) mass is 221 g/mol. The first kappa shape index (κ1) is 11.0. The van der Waals surface area contributed by atoms with Gasteiger partial charge in [-0.1, -0.05) is 12.1 Å². The minimum atomic E-state index is -0.738. The smallest absolute Gasteiger partial charge is 0.308 e.